The zero-order chi connectivity index (χ0) is 16.2. The second kappa shape index (κ2) is 6.27. The van der Waals surface area contributed by atoms with Crippen molar-refractivity contribution in [1.82, 2.24) is 5.43 Å². The fraction of sp³-hybridized carbons (Fsp3) is 0.0556. The summed E-state index contributed by atoms with van der Waals surface area (Å²) in [6, 6.07) is 14.2. The molecule has 0 bridgehead atoms. The highest BCUT2D eigenvalue weighted by Gasteiger charge is 2.07. The first kappa shape index (κ1) is 14.7. The summed E-state index contributed by atoms with van der Waals surface area (Å²) in [4.78, 5) is 24.3. The van der Waals surface area contributed by atoms with E-state index in [4.69, 9.17) is 4.42 Å². The zero-order valence-electron chi connectivity index (χ0n) is 12.4. The lowest BCUT2D eigenvalue weighted by molar-refractivity contribution is 0.0954. The molecule has 0 aliphatic rings. The largest absolute Gasteiger partial charge is 0.463 e. The number of hydrazone groups is 1. The van der Waals surface area contributed by atoms with Gasteiger partial charge in [-0.1, -0.05) is 30.3 Å². The third-order valence-electron chi connectivity index (χ3n) is 3.47. The number of amides is 1. The first-order valence-electron chi connectivity index (χ1n) is 7.06. The fourth-order valence-electron chi connectivity index (χ4n) is 2.23. The molecule has 0 radical (unpaired) electrons. The predicted octanol–water partition coefficient (Wildman–Crippen LogP) is 2.87. The van der Waals surface area contributed by atoms with Crippen molar-refractivity contribution in [3.63, 3.8) is 0 Å². The molecule has 5 heteroatoms. The molecule has 0 fully saturated rings. The number of aryl methyl sites for hydroxylation is 1. The smallest absolute Gasteiger partial charge is 0.271 e. The van der Waals surface area contributed by atoms with Crippen molar-refractivity contribution in [1.29, 1.82) is 0 Å². The van der Waals surface area contributed by atoms with E-state index in [0.717, 1.165) is 5.56 Å². The van der Waals surface area contributed by atoms with E-state index in [-0.39, 0.29) is 16.9 Å². The summed E-state index contributed by atoms with van der Waals surface area (Å²) < 4.78 is 5.38. The normalized spacial score (nSPS) is 11.0. The summed E-state index contributed by atoms with van der Waals surface area (Å²) in [6.45, 7) is 1.84. The SMILES string of the molecule is Cc1ccccc1C(=O)N/N=C/c1coc2ccccc2c1=O. The Bertz CT molecular complexity index is 958. The summed E-state index contributed by atoms with van der Waals surface area (Å²) in [5, 5.41) is 4.32. The molecule has 0 atom stereocenters. The van der Waals surface area contributed by atoms with Crippen molar-refractivity contribution in [2.75, 3.05) is 0 Å². The van der Waals surface area contributed by atoms with Gasteiger partial charge in [0.15, 0.2) is 0 Å². The molecule has 1 aromatic heterocycles. The third kappa shape index (κ3) is 3.03. The minimum Gasteiger partial charge on any atom is -0.463 e. The van der Waals surface area contributed by atoms with Gasteiger partial charge in [0.05, 0.1) is 17.2 Å². The maximum absolute atomic E-state index is 12.3. The van der Waals surface area contributed by atoms with E-state index < -0.39 is 0 Å². The van der Waals surface area contributed by atoms with E-state index in [1.165, 1.54) is 12.5 Å². The van der Waals surface area contributed by atoms with Crippen molar-refractivity contribution in [2.24, 2.45) is 5.10 Å². The number of fused-ring (bicyclic) bond motifs is 1. The number of nitrogens with one attached hydrogen (secondary N) is 1. The Labute approximate surface area is 132 Å². The lowest BCUT2D eigenvalue weighted by Crippen LogP contribution is -2.19. The summed E-state index contributed by atoms with van der Waals surface area (Å²) in [6.07, 6.45) is 2.61. The average Bonchev–Trinajstić information content (AvgIpc) is 2.57. The summed E-state index contributed by atoms with van der Waals surface area (Å²) in [5.74, 6) is -0.329. The Morgan fingerprint density at radius 3 is 2.70 bits per heavy atom. The van der Waals surface area contributed by atoms with Gasteiger partial charge in [0.25, 0.3) is 5.91 Å². The topological polar surface area (TPSA) is 71.7 Å². The van der Waals surface area contributed by atoms with Gasteiger partial charge in [0, 0.05) is 5.56 Å². The van der Waals surface area contributed by atoms with Crippen LogP contribution in [0.2, 0.25) is 0 Å². The Hall–Kier alpha value is -3.21. The molecule has 1 heterocycles. The van der Waals surface area contributed by atoms with Crippen LogP contribution in [0.25, 0.3) is 11.0 Å². The van der Waals surface area contributed by atoms with Crippen LogP contribution in [0.4, 0.5) is 0 Å². The van der Waals surface area contributed by atoms with Crippen LogP contribution in [0, 0.1) is 6.92 Å². The van der Waals surface area contributed by atoms with Gasteiger partial charge in [-0.3, -0.25) is 9.59 Å². The number of nitrogens with zero attached hydrogens (tertiary/aromatic N) is 1. The van der Waals surface area contributed by atoms with E-state index in [1.807, 2.05) is 19.1 Å². The number of hydrogen-bond acceptors (Lipinski definition) is 4. The van der Waals surface area contributed by atoms with Crippen molar-refractivity contribution < 1.29 is 9.21 Å². The van der Waals surface area contributed by atoms with Crippen molar-refractivity contribution in [3.05, 3.63) is 81.7 Å². The third-order valence-corrected chi connectivity index (χ3v) is 3.47. The molecular weight excluding hydrogens is 292 g/mol. The van der Waals surface area contributed by atoms with Crippen LogP contribution >= 0.6 is 0 Å². The van der Waals surface area contributed by atoms with Crippen LogP contribution < -0.4 is 10.9 Å². The molecule has 1 N–H and O–H groups in total. The average molecular weight is 306 g/mol. The van der Waals surface area contributed by atoms with E-state index >= 15 is 0 Å². The molecule has 0 spiro atoms. The van der Waals surface area contributed by atoms with Crippen LogP contribution in [-0.4, -0.2) is 12.1 Å². The molecule has 1 amide bonds. The quantitative estimate of drug-likeness (QED) is 0.597. The van der Waals surface area contributed by atoms with Gasteiger partial charge < -0.3 is 4.42 Å². The summed E-state index contributed by atoms with van der Waals surface area (Å²) in [7, 11) is 0. The molecule has 0 aliphatic heterocycles. The fourth-order valence-corrected chi connectivity index (χ4v) is 2.23. The van der Waals surface area contributed by atoms with Crippen molar-refractivity contribution >= 4 is 23.1 Å². The minimum absolute atomic E-state index is 0.194. The lowest BCUT2D eigenvalue weighted by atomic mass is 10.1. The number of hydrogen-bond donors (Lipinski definition) is 1. The van der Waals surface area contributed by atoms with Gasteiger partial charge in [-0.05, 0) is 30.7 Å². The summed E-state index contributed by atoms with van der Waals surface area (Å²) in [5.41, 5.74) is 4.39. The highest BCUT2D eigenvalue weighted by Crippen LogP contribution is 2.09. The maximum Gasteiger partial charge on any atom is 0.271 e. The molecule has 0 aliphatic carbocycles. The van der Waals surface area contributed by atoms with E-state index in [9.17, 15) is 9.59 Å². The molecule has 3 aromatic rings. The van der Waals surface area contributed by atoms with E-state index in [0.29, 0.717) is 16.5 Å². The molecule has 0 saturated heterocycles. The molecule has 2 aromatic carbocycles. The molecule has 3 rings (SSSR count). The summed E-state index contributed by atoms with van der Waals surface area (Å²) >= 11 is 0. The van der Waals surface area contributed by atoms with Crippen LogP contribution in [-0.2, 0) is 0 Å². The number of rotatable bonds is 3. The Morgan fingerprint density at radius 2 is 1.87 bits per heavy atom. The van der Waals surface area contributed by atoms with Crippen LogP contribution in [0.15, 0.2) is 69.1 Å². The van der Waals surface area contributed by atoms with Gasteiger partial charge in [-0.2, -0.15) is 5.10 Å². The Balaban J connectivity index is 1.81. The number of carbonyl (C=O) groups is 1. The second-order valence-electron chi connectivity index (χ2n) is 5.03. The maximum atomic E-state index is 12.3. The van der Waals surface area contributed by atoms with Crippen LogP contribution in [0.5, 0.6) is 0 Å². The van der Waals surface area contributed by atoms with Crippen molar-refractivity contribution in [2.45, 2.75) is 6.92 Å². The highest BCUT2D eigenvalue weighted by molar-refractivity contribution is 5.96. The number of carbonyl (C=O) groups excluding carboxylic acids is 1. The first-order chi connectivity index (χ1) is 11.2. The standard InChI is InChI=1S/C18H14N2O3/c1-12-6-2-3-7-14(12)18(22)20-19-10-13-11-23-16-9-5-4-8-15(16)17(13)21/h2-11H,1H3,(H,20,22)/b19-10+. The molecular formula is C18H14N2O3. The van der Waals surface area contributed by atoms with E-state index in [1.54, 1.807) is 36.4 Å². The van der Waals surface area contributed by atoms with Gasteiger partial charge in [0.1, 0.15) is 11.8 Å². The number of benzene rings is 2. The molecule has 23 heavy (non-hydrogen) atoms. The predicted molar refractivity (Wildman–Crippen MR) is 88.7 cm³/mol. The second-order valence-corrected chi connectivity index (χ2v) is 5.03. The first-order valence-corrected chi connectivity index (χ1v) is 7.06. The Kier molecular flexibility index (Phi) is 4.01. The van der Waals surface area contributed by atoms with Crippen LogP contribution in [0.3, 0.4) is 0 Å². The molecule has 5 nitrogen and oxygen atoms in total. The van der Waals surface area contributed by atoms with E-state index in [2.05, 4.69) is 10.5 Å². The minimum atomic E-state index is -0.329. The molecule has 0 unspecified atom stereocenters. The highest BCUT2D eigenvalue weighted by atomic mass is 16.3. The number of para-hydroxylation sites is 1. The van der Waals surface area contributed by atoms with Crippen molar-refractivity contribution in [3.8, 4) is 0 Å². The molecule has 114 valence electrons. The Morgan fingerprint density at radius 1 is 1.13 bits per heavy atom. The van der Waals surface area contributed by atoms with Gasteiger partial charge in [-0.15, -0.1) is 0 Å². The molecule has 0 saturated carbocycles. The van der Waals surface area contributed by atoms with Gasteiger partial charge in [0.2, 0.25) is 5.43 Å². The van der Waals surface area contributed by atoms with Crippen LogP contribution in [0.1, 0.15) is 21.5 Å². The lowest BCUT2D eigenvalue weighted by Gasteiger charge is -2.03. The zero-order valence-corrected chi connectivity index (χ0v) is 12.4. The van der Waals surface area contributed by atoms with Gasteiger partial charge >= 0.3 is 0 Å². The van der Waals surface area contributed by atoms with Gasteiger partial charge in [-0.25, -0.2) is 5.43 Å². The monoisotopic (exact) mass is 306 g/mol.